The first-order valence-electron chi connectivity index (χ1n) is 8.03. The Hall–Kier alpha value is -2.69. The molecule has 0 aliphatic carbocycles. The number of fused-ring (bicyclic) bond motifs is 1. The van der Waals surface area contributed by atoms with Gasteiger partial charge >= 0.3 is 6.09 Å². The summed E-state index contributed by atoms with van der Waals surface area (Å²) in [6.45, 7) is 6.77. The second kappa shape index (κ2) is 6.07. The summed E-state index contributed by atoms with van der Waals surface area (Å²) >= 11 is 0. The molecule has 0 aromatic heterocycles. The molecule has 0 radical (unpaired) electrons. The number of hydrogen-bond donors (Lipinski definition) is 2. The maximum atomic E-state index is 12.2. The highest BCUT2D eigenvalue weighted by atomic mass is 16.6. The maximum absolute atomic E-state index is 12.2. The van der Waals surface area contributed by atoms with Crippen molar-refractivity contribution in [3.63, 3.8) is 0 Å². The van der Waals surface area contributed by atoms with Gasteiger partial charge in [-0.15, -0.1) is 0 Å². The minimum Gasteiger partial charge on any atom is -0.444 e. The number of amides is 1. The number of ether oxygens (including phenoxy) is 1. The van der Waals surface area contributed by atoms with Crippen LogP contribution in [0.15, 0.2) is 42.5 Å². The first kappa shape index (κ1) is 16.2. The highest BCUT2D eigenvalue weighted by Gasteiger charge is 2.27. The van der Waals surface area contributed by atoms with Crippen molar-refractivity contribution in [2.45, 2.75) is 39.5 Å². The number of carbonyl (C=O) groups is 1. The Labute approximate surface area is 142 Å². The molecule has 1 aliphatic rings. The zero-order valence-corrected chi connectivity index (χ0v) is 14.3. The number of nitrogens with one attached hydrogen (secondary N) is 1. The summed E-state index contributed by atoms with van der Waals surface area (Å²) < 4.78 is 5.45. The molecule has 1 amide bonds. The van der Waals surface area contributed by atoms with E-state index in [1.54, 1.807) is 4.90 Å². The molecule has 5 heteroatoms. The second-order valence-electron chi connectivity index (χ2n) is 7.03. The molecule has 1 heterocycles. The van der Waals surface area contributed by atoms with Gasteiger partial charge in [-0.05, 0) is 56.2 Å². The molecule has 1 aliphatic heterocycles. The zero-order chi connectivity index (χ0) is 17.3. The maximum Gasteiger partial charge on any atom is 0.410 e. The Balaban J connectivity index is 1.72. The Bertz CT molecular complexity index is 765. The number of hydrogen-bond acceptors (Lipinski definition) is 4. The van der Waals surface area contributed by atoms with Crippen LogP contribution < -0.4 is 11.1 Å². The van der Waals surface area contributed by atoms with E-state index >= 15 is 0 Å². The minimum atomic E-state index is -0.483. The van der Waals surface area contributed by atoms with Crippen molar-refractivity contribution in [1.29, 1.82) is 0 Å². The van der Waals surface area contributed by atoms with Gasteiger partial charge in [0.15, 0.2) is 0 Å². The molecule has 3 rings (SSSR count). The van der Waals surface area contributed by atoms with E-state index in [0.29, 0.717) is 18.8 Å². The van der Waals surface area contributed by atoms with E-state index < -0.39 is 5.60 Å². The van der Waals surface area contributed by atoms with Gasteiger partial charge in [0.05, 0.1) is 11.4 Å². The molecule has 126 valence electrons. The molecule has 5 nitrogen and oxygen atoms in total. The van der Waals surface area contributed by atoms with Gasteiger partial charge in [0.25, 0.3) is 0 Å². The average Bonchev–Trinajstić information content (AvgIpc) is 2.91. The summed E-state index contributed by atoms with van der Waals surface area (Å²) in [5.74, 6) is 0. The summed E-state index contributed by atoms with van der Waals surface area (Å²) in [5.41, 5.74) is 10.3. The number of benzene rings is 2. The summed E-state index contributed by atoms with van der Waals surface area (Å²) in [4.78, 5) is 13.9. The lowest BCUT2D eigenvalue weighted by molar-refractivity contribution is 0.0242. The van der Waals surface area contributed by atoms with Gasteiger partial charge in [0.2, 0.25) is 0 Å². The predicted molar refractivity (Wildman–Crippen MR) is 96.1 cm³/mol. The number of nitrogen functional groups attached to an aromatic ring is 1. The molecular weight excluding hydrogens is 302 g/mol. The van der Waals surface area contributed by atoms with Crippen LogP contribution >= 0.6 is 0 Å². The quantitative estimate of drug-likeness (QED) is 0.809. The minimum absolute atomic E-state index is 0.277. The van der Waals surface area contributed by atoms with Crippen molar-refractivity contribution in [2.75, 3.05) is 11.1 Å². The summed E-state index contributed by atoms with van der Waals surface area (Å²) in [6, 6.07) is 13.8. The first-order chi connectivity index (χ1) is 11.3. The lowest BCUT2D eigenvalue weighted by atomic mass is 10.1. The molecule has 0 unspecified atom stereocenters. The molecule has 0 fully saturated rings. The van der Waals surface area contributed by atoms with Gasteiger partial charge < -0.3 is 15.8 Å². The van der Waals surface area contributed by atoms with Crippen LogP contribution in [0.3, 0.4) is 0 Å². The standard InChI is InChI=1S/C19H23N3O2/c1-19(2,3)24-18(23)22-11-13-8-9-15(10-14(13)12-22)21-17-7-5-4-6-16(17)20/h4-10,21H,11-12,20H2,1-3H3. The molecule has 0 bridgehead atoms. The van der Waals surface area contributed by atoms with Crippen LogP contribution in [0.4, 0.5) is 21.9 Å². The van der Waals surface area contributed by atoms with Crippen molar-refractivity contribution < 1.29 is 9.53 Å². The largest absolute Gasteiger partial charge is 0.444 e. The smallest absolute Gasteiger partial charge is 0.410 e. The van der Waals surface area contributed by atoms with Gasteiger partial charge in [-0.3, -0.25) is 4.90 Å². The van der Waals surface area contributed by atoms with Crippen molar-refractivity contribution >= 4 is 23.2 Å². The van der Waals surface area contributed by atoms with E-state index in [0.717, 1.165) is 22.5 Å². The van der Waals surface area contributed by atoms with Gasteiger partial charge in [-0.2, -0.15) is 0 Å². The number of anilines is 3. The lowest BCUT2D eigenvalue weighted by Gasteiger charge is -2.24. The van der Waals surface area contributed by atoms with Crippen LogP contribution in [0.2, 0.25) is 0 Å². The van der Waals surface area contributed by atoms with Gasteiger partial charge in [-0.1, -0.05) is 18.2 Å². The van der Waals surface area contributed by atoms with E-state index in [1.807, 2.05) is 57.2 Å². The van der Waals surface area contributed by atoms with Crippen molar-refractivity contribution in [2.24, 2.45) is 0 Å². The summed E-state index contributed by atoms with van der Waals surface area (Å²) in [5, 5.41) is 3.32. The van der Waals surface area contributed by atoms with Gasteiger partial charge in [0, 0.05) is 18.8 Å². The summed E-state index contributed by atoms with van der Waals surface area (Å²) in [6.07, 6.45) is -0.277. The van der Waals surface area contributed by atoms with Crippen molar-refractivity contribution in [3.8, 4) is 0 Å². The second-order valence-corrected chi connectivity index (χ2v) is 7.03. The van der Waals surface area contributed by atoms with Gasteiger partial charge in [0.1, 0.15) is 5.60 Å². The van der Waals surface area contributed by atoms with Crippen LogP contribution in [0.5, 0.6) is 0 Å². The normalized spacial score (nSPS) is 13.5. The van der Waals surface area contributed by atoms with E-state index in [2.05, 4.69) is 11.4 Å². The molecular formula is C19H23N3O2. The molecule has 2 aromatic rings. The van der Waals surface area contributed by atoms with Crippen LogP contribution in [0.1, 0.15) is 31.9 Å². The van der Waals surface area contributed by atoms with Crippen molar-refractivity contribution in [3.05, 3.63) is 53.6 Å². The fourth-order valence-electron chi connectivity index (χ4n) is 2.69. The molecule has 3 N–H and O–H groups in total. The highest BCUT2D eigenvalue weighted by Crippen LogP contribution is 2.29. The Morgan fingerprint density at radius 2 is 1.83 bits per heavy atom. The molecule has 24 heavy (non-hydrogen) atoms. The molecule has 2 aromatic carbocycles. The third-order valence-electron chi connectivity index (χ3n) is 3.82. The topological polar surface area (TPSA) is 67.6 Å². The van der Waals surface area contributed by atoms with Crippen LogP contribution in [-0.4, -0.2) is 16.6 Å². The third-order valence-corrected chi connectivity index (χ3v) is 3.82. The Morgan fingerprint density at radius 3 is 2.54 bits per heavy atom. The molecule has 0 spiro atoms. The number of nitrogens with two attached hydrogens (primary N) is 1. The Morgan fingerprint density at radius 1 is 1.12 bits per heavy atom. The summed E-state index contributed by atoms with van der Waals surface area (Å²) in [7, 11) is 0. The number of para-hydroxylation sites is 2. The van der Waals surface area contributed by atoms with E-state index in [1.165, 1.54) is 0 Å². The first-order valence-corrected chi connectivity index (χ1v) is 8.03. The molecule has 0 saturated heterocycles. The van der Waals surface area contributed by atoms with Crippen LogP contribution in [-0.2, 0) is 17.8 Å². The average molecular weight is 325 g/mol. The van der Waals surface area contributed by atoms with Crippen LogP contribution in [0, 0.1) is 0 Å². The number of carbonyl (C=O) groups excluding carboxylic acids is 1. The number of rotatable bonds is 2. The van der Waals surface area contributed by atoms with Crippen molar-refractivity contribution in [1.82, 2.24) is 4.90 Å². The highest BCUT2D eigenvalue weighted by molar-refractivity contribution is 5.73. The van der Waals surface area contributed by atoms with E-state index in [-0.39, 0.29) is 6.09 Å². The molecule has 0 saturated carbocycles. The Kier molecular flexibility index (Phi) is 4.09. The monoisotopic (exact) mass is 325 g/mol. The molecule has 0 atom stereocenters. The predicted octanol–water partition coefficient (Wildman–Crippen LogP) is 4.26. The third kappa shape index (κ3) is 3.62. The lowest BCUT2D eigenvalue weighted by Crippen LogP contribution is -2.33. The number of nitrogens with zero attached hydrogens (tertiary/aromatic N) is 1. The fourth-order valence-corrected chi connectivity index (χ4v) is 2.69. The van der Waals surface area contributed by atoms with Crippen LogP contribution in [0.25, 0.3) is 0 Å². The van der Waals surface area contributed by atoms with E-state index in [9.17, 15) is 4.79 Å². The zero-order valence-electron chi connectivity index (χ0n) is 14.3. The fraction of sp³-hybridized carbons (Fsp3) is 0.316. The SMILES string of the molecule is CC(C)(C)OC(=O)N1Cc2ccc(Nc3ccccc3N)cc2C1. The van der Waals surface area contributed by atoms with Gasteiger partial charge in [-0.25, -0.2) is 4.79 Å². The van der Waals surface area contributed by atoms with E-state index in [4.69, 9.17) is 10.5 Å².